The minimum atomic E-state index is -0.224. The van der Waals surface area contributed by atoms with Gasteiger partial charge in [-0.3, -0.25) is 0 Å². The van der Waals surface area contributed by atoms with Crippen LogP contribution >= 0.6 is 15.9 Å². The molecule has 1 nitrogen and oxygen atoms in total. The summed E-state index contributed by atoms with van der Waals surface area (Å²) in [4.78, 5) is 0. The lowest BCUT2D eigenvalue weighted by Crippen LogP contribution is -1.97. The third kappa shape index (κ3) is 1.97. The lowest BCUT2D eigenvalue weighted by Gasteiger charge is -2.07. The van der Waals surface area contributed by atoms with E-state index in [0.29, 0.717) is 23.2 Å². The van der Waals surface area contributed by atoms with E-state index in [4.69, 9.17) is 4.74 Å². The average Bonchev–Trinajstić information content (AvgIpc) is 2.05. The van der Waals surface area contributed by atoms with Crippen LogP contribution in [-0.2, 0) is 5.33 Å². The van der Waals surface area contributed by atoms with Crippen LogP contribution in [0.1, 0.15) is 12.5 Å². The number of alkyl halides is 1. The van der Waals surface area contributed by atoms with Crippen molar-refractivity contribution in [2.45, 2.75) is 12.3 Å². The molecule has 12 heavy (non-hydrogen) atoms. The Hall–Kier alpha value is -0.570. The van der Waals surface area contributed by atoms with Gasteiger partial charge in [-0.05, 0) is 19.1 Å². The Labute approximate surface area is 79.7 Å². The molecule has 0 aliphatic rings. The second kappa shape index (κ2) is 4.45. The number of hydrogen-bond acceptors (Lipinski definition) is 1. The first-order valence-corrected chi connectivity index (χ1v) is 4.88. The van der Waals surface area contributed by atoms with Crippen molar-refractivity contribution in [3.05, 3.63) is 29.6 Å². The van der Waals surface area contributed by atoms with Crippen molar-refractivity contribution in [2.24, 2.45) is 0 Å². The summed E-state index contributed by atoms with van der Waals surface area (Å²) in [5.41, 5.74) is 0.583. The summed E-state index contributed by atoms with van der Waals surface area (Å²) in [7, 11) is 0. The SMILES string of the molecule is CCOc1cccc(F)c1CBr. The summed E-state index contributed by atoms with van der Waals surface area (Å²) >= 11 is 3.21. The molecule has 0 aromatic heterocycles. The van der Waals surface area contributed by atoms with Gasteiger partial charge in [-0.1, -0.05) is 22.0 Å². The maximum Gasteiger partial charge on any atom is 0.130 e. The molecule has 1 aromatic carbocycles. The average molecular weight is 233 g/mol. The predicted octanol–water partition coefficient (Wildman–Crippen LogP) is 3.12. The Bertz CT molecular complexity index is 263. The lowest BCUT2D eigenvalue weighted by atomic mass is 10.2. The van der Waals surface area contributed by atoms with Gasteiger partial charge in [-0.15, -0.1) is 0 Å². The zero-order valence-corrected chi connectivity index (χ0v) is 8.40. The molecule has 0 heterocycles. The standard InChI is InChI=1S/C9H10BrFO/c1-2-12-9-5-3-4-8(11)7(9)6-10/h3-5H,2,6H2,1H3. The van der Waals surface area contributed by atoms with Crippen molar-refractivity contribution in [1.82, 2.24) is 0 Å². The lowest BCUT2D eigenvalue weighted by molar-refractivity contribution is 0.335. The Kier molecular flexibility index (Phi) is 3.53. The van der Waals surface area contributed by atoms with Crippen LogP contribution in [0.2, 0.25) is 0 Å². The number of halogens is 2. The smallest absolute Gasteiger partial charge is 0.130 e. The summed E-state index contributed by atoms with van der Waals surface area (Å²) < 4.78 is 18.3. The molecular formula is C9H10BrFO. The molecule has 0 N–H and O–H groups in total. The van der Waals surface area contributed by atoms with E-state index in [1.165, 1.54) is 6.07 Å². The molecule has 0 atom stereocenters. The predicted molar refractivity (Wildman–Crippen MR) is 50.2 cm³/mol. The third-order valence-corrected chi connectivity index (χ3v) is 2.07. The number of benzene rings is 1. The molecule has 66 valence electrons. The largest absolute Gasteiger partial charge is 0.493 e. The van der Waals surface area contributed by atoms with Gasteiger partial charge in [0.1, 0.15) is 11.6 Å². The second-order valence-electron chi connectivity index (χ2n) is 2.28. The molecule has 0 aliphatic carbocycles. The molecule has 1 aromatic rings. The van der Waals surface area contributed by atoms with E-state index < -0.39 is 0 Å². The molecule has 0 saturated carbocycles. The van der Waals surface area contributed by atoms with Gasteiger partial charge in [-0.25, -0.2) is 4.39 Å². The molecule has 1 rings (SSSR count). The van der Waals surface area contributed by atoms with Crippen LogP contribution in [-0.4, -0.2) is 6.61 Å². The maximum atomic E-state index is 13.1. The van der Waals surface area contributed by atoms with Crippen molar-refractivity contribution in [3.63, 3.8) is 0 Å². The van der Waals surface area contributed by atoms with Gasteiger partial charge in [0.15, 0.2) is 0 Å². The van der Waals surface area contributed by atoms with Gasteiger partial charge in [0, 0.05) is 10.9 Å². The van der Waals surface area contributed by atoms with Crippen LogP contribution in [0.4, 0.5) is 4.39 Å². The maximum absolute atomic E-state index is 13.1. The molecule has 0 amide bonds. The van der Waals surface area contributed by atoms with Crippen LogP contribution in [0.15, 0.2) is 18.2 Å². The highest BCUT2D eigenvalue weighted by atomic mass is 79.9. The Morgan fingerprint density at radius 2 is 2.25 bits per heavy atom. The third-order valence-electron chi connectivity index (χ3n) is 1.51. The summed E-state index contributed by atoms with van der Waals surface area (Å²) in [6, 6.07) is 4.84. The summed E-state index contributed by atoms with van der Waals surface area (Å²) in [6.07, 6.45) is 0. The van der Waals surface area contributed by atoms with Crippen LogP contribution in [0.5, 0.6) is 5.75 Å². The van der Waals surface area contributed by atoms with Crippen molar-refractivity contribution < 1.29 is 9.13 Å². The van der Waals surface area contributed by atoms with E-state index >= 15 is 0 Å². The van der Waals surface area contributed by atoms with Crippen molar-refractivity contribution >= 4 is 15.9 Å². The molecule has 0 aliphatic heterocycles. The van der Waals surface area contributed by atoms with Gasteiger partial charge in [-0.2, -0.15) is 0 Å². The van der Waals surface area contributed by atoms with E-state index in [1.807, 2.05) is 6.92 Å². The van der Waals surface area contributed by atoms with Crippen molar-refractivity contribution in [1.29, 1.82) is 0 Å². The topological polar surface area (TPSA) is 9.23 Å². The Balaban J connectivity index is 3.00. The normalized spacial score (nSPS) is 9.92. The van der Waals surface area contributed by atoms with Crippen molar-refractivity contribution in [3.8, 4) is 5.75 Å². The fourth-order valence-corrected chi connectivity index (χ4v) is 1.50. The first-order valence-electron chi connectivity index (χ1n) is 3.75. The van der Waals surface area contributed by atoms with Gasteiger partial charge in [0.25, 0.3) is 0 Å². The molecule has 3 heteroatoms. The summed E-state index contributed by atoms with van der Waals surface area (Å²) in [5.74, 6) is 0.396. The van der Waals surface area contributed by atoms with Gasteiger partial charge >= 0.3 is 0 Å². The van der Waals surface area contributed by atoms with Gasteiger partial charge in [0.05, 0.1) is 6.61 Å². The molecule has 0 radical (unpaired) electrons. The monoisotopic (exact) mass is 232 g/mol. The van der Waals surface area contributed by atoms with Gasteiger partial charge < -0.3 is 4.74 Å². The number of ether oxygens (including phenoxy) is 1. The minimum Gasteiger partial charge on any atom is -0.493 e. The number of hydrogen-bond donors (Lipinski definition) is 0. The van der Waals surface area contributed by atoms with E-state index in [0.717, 1.165) is 0 Å². The highest BCUT2D eigenvalue weighted by Gasteiger charge is 2.06. The fourth-order valence-electron chi connectivity index (χ4n) is 0.959. The van der Waals surface area contributed by atoms with Crippen LogP contribution in [0, 0.1) is 5.82 Å². The van der Waals surface area contributed by atoms with E-state index in [9.17, 15) is 4.39 Å². The van der Waals surface area contributed by atoms with Gasteiger partial charge in [0.2, 0.25) is 0 Å². The van der Waals surface area contributed by atoms with E-state index in [2.05, 4.69) is 15.9 Å². The second-order valence-corrected chi connectivity index (χ2v) is 2.84. The molecule has 0 spiro atoms. The Morgan fingerprint density at radius 3 is 2.83 bits per heavy atom. The Morgan fingerprint density at radius 1 is 1.50 bits per heavy atom. The molecule has 0 unspecified atom stereocenters. The summed E-state index contributed by atoms with van der Waals surface area (Å²) in [5, 5.41) is 0.481. The van der Waals surface area contributed by atoms with Crippen molar-refractivity contribution in [2.75, 3.05) is 6.61 Å². The zero-order valence-electron chi connectivity index (χ0n) is 6.81. The van der Waals surface area contributed by atoms with E-state index in [1.54, 1.807) is 12.1 Å². The highest BCUT2D eigenvalue weighted by molar-refractivity contribution is 9.08. The van der Waals surface area contributed by atoms with Crippen LogP contribution in [0.25, 0.3) is 0 Å². The van der Waals surface area contributed by atoms with Crippen LogP contribution in [0.3, 0.4) is 0 Å². The quantitative estimate of drug-likeness (QED) is 0.729. The molecule has 0 saturated heterocycles. The number of rotatable bonds is 3. The molecule has 0 bridgehead atoms. The minimum absolute atomic E-state index is 0.224. The highest BCUT2D eigenvalue weighted by Crippen LogP contribution is 2.23. The first kappa shape index (κ1) is 9.52. The molecule has 0 fully saturated rings. The summed E-state index contributed by atoms with van der Waals surface area (Å²) in [6.45, 7) is 2.44. The molecular weight excluding hydrogens is 223 g/mol. The van der Waals surface area contributed by atoms with E-state index in [-0.39, 0.29) is 5.82 Å². The first-order chi connectivity index (χ1) is 5.79. The van der Waals surface area contributed by atoms with Crippen LogP contribution < -0.4 is 4.74 Å². The zero-order chi connectivity index (χ0) is 8.97. The fraction of sp³-hybridized carbons (Fsp3) is 0.333.